The molecule has 0 aromatic heterocycles. The van der Waals surface area contributed by atoms with Gasteiger partial charge in [-0.25, -0.2) is 4.79 Å². The fraction of sp³-hybridized carbons (Fsp3) is 0.591. The minimum Gasteiger partial charge on any atom is -0.475 e. The van der Waals surface area contributed by atoms with Crippen LogP contribution < -0.4 is 5.32 Å². The van der Waals surface area contributed by atoms with Crippen LogP contribution in [0.5, 0.6) is 0 Å². The minimum absolute atomic E-state index is 0.562. The van der Waals surface area contributed by atoms with Gasteiger partial charge in [-0.2, -0.15) is 0 Å². The molecule has 0 spiro atoms. The first-order chi connectivity index (χ1) is 18.6. The Morgan fingerprint density at radius 3 is 2.10 bits per heavy atom. The maximum atomic E-state index is 11.0. The van der Waals surface area contributed by atoms with E-state index in [1.165, 1.54) is 11.4 Å². The van der Waals surface area contributed by atoms with Crippen molar-refractivity contribution >= 4 is 81.5 Å². The predicted molar refractivity (Wildman–Crippen MR) is 158 cm³/mol. The van der Waals surface area contributed by atoms with Crippen molar-refractivity contribution in [1.29, 1.82) is 0 Å². The number of halogens is 2. The van der Waals surface area contributed by atoms with E-state index in [1.54, 1.807) is 23.9 Å². The number of thioether (sulfide) groups is 1. The average molecular weight is 687 g/mol. The highest BCUT2D eigenvalue weighted by Crippen LogP contribution is 2.62. The van der Waals surface area contributed by atoms with Crippen LogP contribution in [-0.4, -0.2) is 104 Å². The third-order valence-corrected chi connectivity index (χ3v) is 12.4. The minimum atomic E-state index is -2.23. The molecule has 230 valence electrons. The molecule has 7 N–H and O–H groups in total. The maximum absolute atomic E-state index is 11.0. The van der Waals surface area contributed by atoms with E-state index in [-0.39, 0.29) is 0 Å². The molecule has 1 aromatic rings. The van der Waals surface area contributed by atoms with E-state index < -0.39 is 66.8 Å². The predicted octanol–water partition coefficient (Wildman–Crippen LogP) is 2.04. The number of hydrogen-bond acceptors (Lipinski definition) is 13. The summed E-state index contributed by atoms with van der Waals surface area (Å²) in [6.07, 6.45) is -8.35. The second-order valence-corrected chi connectivity index (χ2v) is 16.2. The summed E-state index contributed by atoms with van der Waals surface area (Å²) in [6, 6.07) is 3.80. The molecule has 0 saturated heterocycles. The number of benzene rings is 1. The second-order valence-electron chi connectivity index (χ2n) is 7.71. The summed E-state index contributed by atoms with van der Waals surface area (Å²) in [5.74, 6) is -3.89. The molecule has 0 bridgehead atoms. The standard InChI is InChI=1S/C11H15Cl2O2PS3.C11H19NO9/c1-3-14-16(17,15-4-2)19-8-18-11-7-9(12)5-6-10(11)13;1-4(14)12-8(5(15)2-6(16)11(20)21)10(19)9(18)7(17)3-13/h5-7H,3-4,8H2,1-2H3;5,7-10,13,15,17-19H,2-3H2,1H3,(H,12,14)(H,20,21)/t;5-,7+,8+,9+,10+/m.0/s1. The lowest BCUT2D eigenvalue weighted by atomic mass is 9.94. The van der Waals surface area contributed by atoms with Crippen LogP contribution in [0.25, 0.3) is 0 Å². The van der Waals surface area contributed by atoms with Gasteiger partial charge in [0, 0.05) is 23.3 Å². The number of amides is 1. The number of aliphatic carboxylic acids is 1. The highest BCUT2D eigenvalue weighted by atomic mass is 35.5. The van der Waals surface area contributed by atoms with Gasteiger partial charge < -0.3 is 45.0 Å². The lowest BCUT2D eigenvalue weighted by Gasteiger charge is -2.32. The van der Waals surface area contributed by atoms with Crippen molar-refractivity contribution in [3.05, 3.63) is 28.2 Å². The lowest BCUT2D eigenvalue weighted by molar-refractivity contribution is -0.151. The molecule has 0 heterocycles. The van der Waals surface area contributed by atoms with E-state index in [0.717, 1.165) is 16.9 Å². The van der Waals surface area contributed by atoms with E-state index in [9.17, 15) is 34.8 Å². The molecular weight excluding hydrogens is 652 g/mol. The fourth-order valence-corrected chi connectivity index (χ4v) is 10.3. The third-order valence-electron chi connectivity index (χ3n) is 4.61. The van der Waals surface area contributed by atoms with Gasteiger partial charge in [-0.05, 0) is 43.9 Å². The van der Waals surface area contributed by atoms with Crippen LogP contribution in [0, 0.1) is 0 Å². The first-order valence-electron chi connectivity index (χ1n) is 11.6. The number of ketones is 1. The molecule has 5 atom stereocenters. The van der Waals surface area contributed by atoms with Crippen LogP contribution in [0.15, 0.2) is 23.1 Å². The van der Waals surface area contributed by atoms with Gasteiger partial charge >= 0.3 is 5.97 Å². The van der Waals surface area contributed by atoms with E-state index >= 15 is 0 Å². The number of carboxylic acid groups (broad SMARTS) is 1. The lowest BCUT2D eigenvalue weighted by Crippen LogP contribution is -2.57. The summed E-state index contributed by atoms with van der Waals surface area (Å²) in [4.78, 5) is 33.4. The maximum Gasteiger partial charge on any atom is 0.372 e. The number of aliphatic hydroxyl groups excluding tert-OH is 5. The molecule has 0 radical (unpaired) electrons. The first-order valence-corrected chi connectivity index (χ1v) is 17.6. The Labute approximate surface area is 255 Å². The van der Waals surface area contributed by atoms with Crippen molar-refractivity contribution in [2.24, 2.45) is 0 Å². The van der Waals surface area contributed by atoms with Gasteiger partial charge in [0.1, 0.15) is 18.3 Å². The quantitative estimate of drug-likeness (QED) is 0.0543. The average Bonchev–Trinajstić information content (AvgIpc) is 2.88. The number of carbonyl (C=O) groups excluding carboxylic acids is 2. The highest BCUT2D eigenvalue weighted by Gasteiger charge is 2.37. The fourth-order valence-electron chi connectivity index (χ4n) is 2.77. The number of carboxylic acids is 1. The van der Waals surface area contributed by atoms with Crippen LogP contribution in [0.1, 0.15) is 27.2 Å². The van der Waals surface area contributed by atoms with Gasteiger partial charge in [0.05, 0.1) is 42.1 Å². The smallest absolute Gasteiger partial charge is 0.372 e. The first kappa shape index (κ1) is 39.5. The van der Waals surface area contributed by atoms with Crippen molar-refractivity contribution < 1.29 is 54.1 Å². The van der Waals surface area contributed by atoms with Gasteiger partial charge in [0.2, 0.25) is 17.4 Å². The van der Waals surface area contributed by atoms with E-state index in [0.29, 0.717) is 23.3 Å². The molecule has 12 nitrogen and oxygen atoms in total. The Bertz CT molecular complexity index is 1000. The second kappa shape index (κ2) is 20.4. The summed E-state index contributed by atoms with van der Waals surface area (Å²) in [6.45, 7) is 5.10. The number of aliphatic hydroxyl groups is 5. The van der Waals surface area contributed by atoms with Crippen molar-refractivity contribution in [2.45, 2.75) is 62.5 Å². The molecular formula is C22H34Cl2NO11PS3. The summed E-state index contributed by atoms with van der Waals surface area (Å²) in [5.41, 5.74) is -2.23. The summed E-state index contributed by atoms with van der Waals surface area (Å²) in [7, 11) is 0. The number of rotatable bonds is 17. The number of nitrogens with one attached hydrogen (secondary N) is 1. The molecule has 18 heteroatoms. The van der Waals surface area contributed by atoms with Crippen LogP contribution in [0.4, 0.5) is 0 Å². The van der Waals surface area contributed by atoms with Gasteiger partial charge in [-0.3, -0.25) is 9.59 Å². The molecule has 1 rings (SSSR count). The molecule has 1 amide bonds. The Hall–Kier alpha value is -0.520. The third kappa shape index (κ3) is 15.1. The van der Waals surface area contributed by atoms with E-state index in [1.807, 2.05) is 25.2 Å². The van der Waals surface area contributed by atoms with Crippen LogP contribution in [0.2, 0.25) is 10.0 Å². The zero-order valence-corrected chi connectivity index (χ0v) is 26.7. The Kier molecular flexibility index (Phi) is 20.1. The topological polar surface area (TPSA) is 203 Å². The zero-order chi connectivity index (χ0) is 31.0. The Morgan fingerprint density at radius 1 is 1.05 bits per heavy atom. The van der Waals surface area contributed by atoms with Crippen LogP contribution >= 0.6 is 52.0 Å². The number of hydrogen-bond donors (Lipinski definition) is 7. The zero-order valence-electron chi connectivity index (χ0n) is 21.8. The molecule has 0 aliphatic rings. The monoisotopic (exact) mass is 685 g/mol. The van der Waals surface area contributed by atoms with Crippen molar-refractivity contribution in [3.63, 3.8) is 0 Å². The van der Waals surface area contributed by atoms with Gasteiger partial charge in [0.15, 0.2) is 0 Å². The highest BCUT2D eigenvalue weighted by molar-refractivity contribution is 8.69. The van der Waals surface area contributed by atoms with Gasteiger partial charge in [0.25, 0.3) is 0 Å². The summed E-state index contributed by atoms with van der Waals surface area (Å²) in [5, 5.41) is 59.5. The van der Waals surface area contributed by atoms with Gasteiger partial charge in [-0.1, -0.05) is 34.6 Å². The molecule has 40 heavy (non-hydrogen) atoms. The summed E-state index contributed by atoms with van der Waals surface area (Å²) >= 11 is 20.6. The van der Waals surface area contributed by atoms with E-state index in [4.69, 9.17) is 54.3 Å². The van der Waals surface area contributed by atoms with Crippen LogP contribution in [-0.2, 0) is 35.2 Å². The Balaban J connectivity index is 0.000000763. The molecule has 1 aromatic carbocycles. The van der Waals surface area contributed by atoms with Gasteiger partial charge in [-0.15, -0.1) is 11.8 Å². The van der Waals surface area contributed by atoms with E-state index in [2.05, 4.69) is 0 Å². The summed E-state index contributed by atoms with van der Waals surface area (Å²) < 4.78 is 11.1. The van der Waals surface area contributed by atoms with Crippen molar-refractivity contribution in [1.82, 2.24) is 5.32 Å². The van der Waals surface area contributed by atoms with Crippen molar-refractivity contribution in [3.8, 4) is 0 Å². The number of carbonyl (C=O) groups is 3. The Morgan fingerprint density at radius 2 is 1.62 bits per heavy atom. The largest absolute Gasteiger partial charge is 0.475 e. The molecule has 0 aliphatic heterocycles. The molecule has 0 unspecified atom stereocenters. The molecule has 0 aliphatic carbocycles. The normalized spacial score (nSPS) is 15.2. The SMILES string of the molecule is CC(=O)N[C@@H]([C@@H](O)[C@H](O)[C@H](O)CO)[C@@H](O)CC(=O)C(=O)O.CCOP(=S)(OCC)SCSc1cc(Cl)ccc1Cl. The van der Waals surface area contributed by atoms with Crippen molar-refractivity contribution in [2.75, 3.05) is 24.9 Å². The van der Waals surface area contributed by atoms with Crippen LogP contribution in [0.3, 0.4) is 0 Å². The molecule has 0 saturated carbocycles. The molecule has 0 fully saturated rings. The number of Topliss-reactive ketones (excluding diaryl/α,β-unsaturated/α-hetero) is 1.